The normalized spacial score (nSPS) is 20.5. The Balaban J connectivity index is 1.36. The number of anilines is 1. The highest BCUT2D eigenvalue weighted by atomic mass is 16.5. The molecule has 6 rings (SSSR count). The second kappa shape index (κ2) is 9.41. The van der Waals surface area contributed by atoms with Crippen LogP contribution in [0.3, 0.4) is 0 Å². The molecule has 6 heteroatoms. The summed E-state index contributed by atoms with van der Waals surface area (Å²) in [5, 5.41) is 0.999. The summed E-state index contributed by atoms with van der Waals surface area (Å²) in [5.41, 5.74) is 8.16. The van der Waals surface area contributed by atoms with E-state index in [4.69, 9.17) is 4.74 Å². The molecule has 1 aromatic heterocycles. The summed E-state index contributed by atoms with van der Waals surface area (Å²) >= 11 is 0. The van der Waals surface area contributed by atoms with Crippen LogP contribution in [0.4, 0.5) is 5.69 Å². The number of morpholine rings is 1. The summed E-state index contributed by atoms with van der Waals surface area (Å²) in [5.74, 6) is 0.139. The van der Waals surface area contributed by atoms with Crippen molar-refractivity contribution in [3.8, 4) is 0 Å². The van der Waals surface area contributed by atoms with Gasteiger partial charge in [-0.25, -0.2) is 0 Å². The van der Waals surface area contributed by atoms with E-state index in [9.17, 15) is 4.79 Å². The van der Waals surface area contributed by atoms with Gasteiger partial charge in [0.1, 0.15) is 0 Å². The van der Waals surface area contributed by atoms with Crippen LogP contribution < -0.4 is 4.90 Å². The van der Waals surface area contributed by atoms with Gasteiger partial charge in [-0.2, -0.15) is 0 Å². The predicted octanol–water partition coefficient (Wildman–Crippen LogP) is 4.95. The topological polar surface area (TPSA) is 60.9 Å². The van der Waals surface area contributed by atoms with Gasteiger partial charge in [0.2, 0.25) is 0 Å². The van der Waals surface area contributed by atoms with E-state index in [1.54, 1.807) is 7.05 Å². The van der Waals surface area contributed by atoms with Gasteiger partial charge in [0, 0.05) is 78.7 Å². The van der Waals surface area contributed by atoms with Gasteiger partial charge >= 0.3 is 0 Å². The number of nitrogens with zero attached hydrogens (tertiary/aromatic N) is 3. The highest BCUT2D eigenvalue weighted by molar-refractivity contribution is 6.20. The number of nitrogens with one attached hydrogen (secondary N) is 1. The maximum Gasteiger partial charge on any atom is 0.195 e. The molecule has 6 nitrogen and oxygen atoms in total. The molecular weight excluding hydrogens is 460 g/mol. The monoisotopic (exact) mass is 498 g/mol. The number of ether oxygens (including phenoxy) is 1. The Morgan fingerprint density at radius 3 is 2.57 bits per heavy atom. The van der Waals surface area contributed by atoms with Gasteiger partial charge in [-0.15, -0.1) is 0 Å². The third kappa shape index (κ3) is 4.02. The van der Waals surface area contributed by atoms with Crippen molar-refractivity contribution in [2.24, 2.45) is 4.99 Å². The lowest BCUT2D eigenvalue weighted by molar-refractivity contribution is 0.0115. The van der Waals surface area contributed by atoms with Crippen molar-refractivity contribution < 1.29 is 9.53 Å². The minimum atomic E-state index is -0.302. The fourth-order valence-electron chi connectivity index (χ4n) is 6.75. The van der Waals surface area contributed by atoms with Crippen molar-refractivity contribution in [1.82, 2.24) is 9.88 Å². The fourth-order valence-corrected chi connectivity index (χ4v) is 6.75. The van der Waals surface area contributed by atoms with Crippen LogP contribution in [0, 0.1) is 0 Å². The molecule has 0 unspecified atom stereocenters. The Hall–Kier alpha value is -2.96. The molecule has 3 aromatic rings. The van der Waals surface area contributed by atoms with Gasteiger partial charge in [0.25, 0.3) is 0 Å². The van der Waals surface area contributed by atoms with E-state index < -0.39 is 0 Å². The molecule has 1 aliphatic carbocycles. The molecule has 0 bridgehead atoms. The zero-order valence-corrected chi connectivity index (χ0v) is 22.6. The molecule has 3 aliphatic rings. The summed E-state index contributed by atoms with van der Waals surface area (Å²) in [7, 11) is 1.78. The minimum absolute atomic E-state index is 0.139. The third-order valence-corrected chi connectivity index (χ3v) is 8.84. The number of hydrogen-bond acceptors (Lipinski definition) is 5. The van der Waals surface area contributed by atoms with E-state index in [-0.39, 0.29) is 11.2 Å². The number of ketones is 1. The number of benzene rings is 2. The molecule has 0 saturated carbocycles. The van der Waals surface area contributed by atoms with Crippen LogP contribution in [-0.4, -0.2) is 74.4 Å². The summed E-state index contributed by atoms with van der Waals surface area (Å²) < 4.78 is 5.57. The van der Waals surface area contributed by atoms with Crippen LogP contribution in [0.15, 0.2) is 35.3 Å². The van der Waals surface area contributed by atoms with E-state index >= 15 is 0 Å². The van der Waals surface area contributed by atoms with Crippen molar-refractivity contribution in [3.63, 3.8) is 0 Å². The Morgan fingerprint density at radius 1 is 1.11 bits per heavy atom. The number of carbonyl (C=O) groups is 1. The molecule has 0 amide bonds. The number of aryl methyl sites for hydroxylation is 1. The SMILES string of the molecule is CCc1cc2c(cc1N1CCC(N3CCOCC3)CC1)C(C)(C)c1[nH]c3cc(C=NC)ccc3c1C2=O. The molecule has 0 spiro atoms. The number of fused-ring (bicyclic) bond motifs is 4. The number of aromatic nitrogens is 1. The van der Waals surface area contributed by atoms with Crippen LogP contribution in [0.5, 0.6) is 0 Å². The molecule has 3 heterocycles. The smallest absolute Gasteiger partial charge is 0.195 e. The van der Waals surface area contributed by atoms with Crippen LogP contribution in [0.1, 0.15) is 71.9 Å². The Labute approximate surface area is 219 Å². The Morgan fingerprint density at radius 2 is 1.86 bits per heavy atom. The molecule has 1 N–H and O–H groups in total. The lowest BCUT2D eigenvalue weighted by Crippen LogP contribution is -2.49. The zero-order valence-electron chi connectivity index (χ0n) is 22.6. The van der Waals surface area contributed by atoms with Crippen molar-refractivity contribution >= 4 is 28.6 Å². The predicted molar refractivity (Wildman–Crippen MR) is 151 cm³/mol. The summed E-state index contributed by atoms with van der Waals surface area (Å²) in [6.07, 6.45) is 5.12. The van der Waals surface area contributed by atoms with E-state index in [1.807, 2.05) is 12.3 Å². The first-order valence-electron chi connectivity index (χ1n) is 13.8. The Kier molecular flexibility index (Phi) is 6.20. The summed E-state index contributed by atoms with van der Waals surface area (Å²) in [4.78, 5) is 26.9. The van der Waals surface area contributed by atoms with Crippen molar-refractivity contribution in [2.75, 3.05) is 51.3 Å². The minimum Gasteiger partial charge on any atom is -0.379 e. The molecule has 0 atom stereocenters. The number of aromatic amines is 1. The third-order valence-electron chi connectivity index (χ3n) is 8.84. The lowest BCUT2D eigenvalue weighted by Gasteiger charge is -2.42. The van der Waals surface area contributed by atoms with Gasteiger partial charge in [0.15, 0.2) is 5.78 Å². The second-order valence-electron chi connectivity index (χ2n) is 11.3. The molecule has 2 fully saturated rings. The summed E-state index contributed by atoms with van der Waals surface area (Å²) in [6, 6.07) is 11.4. The maximum atomic E-state index is 14.0. The molecule has 37 heavy (non-hydrogen) atoms. The van der Waals surface area contributed by atoms with Crippen molar-refractivity contribution in [1.29, 1.82) is 0 Å². The number of rotatable bonds is 4. The zero-order chi connectivity index (χ0) is 25.7. The van der Waals surface area contributed by atoms with Crippen LogP contribution in [0.25, 0.3) is 10.9 Å². The molecule has 0 radical (unpaired) electrons. The van der Waals surface area contributed by atoms with Gasteiger partial charge in [-0.1, -0.05) is 32.9 Å². The van der Waals surface area contributed by atoms with Gasteiger partial charge in [0.05, 0.1) is 18.8 Å². The average Bonchev–Trinajstić information content (AvgIpc) is 3.32. The standard InChI is InChI=1S/C31H38N4O2/c1-5-21-17-24-25(18-27(21)35-10-8-22(9-11-35)34-12-14-37-15-13-34)31(2,3)30-28(29(24)36)23-7-6-20(19-32-4)16-26(23)33-30/h6-7,16-19,22,33H,5,8-15H2,1-4H3. The van der Waals surface area contributed by atoms with Gasteiger partial charge < -0.3 is 14.6 Å². The van der Waals surface area contributed by atoms with Crippen LogP contribution in [-0.2, 0) is 16.6 Å². The van der Waals surface area contributed by atoms with Crippen LogP contribution >= 0.6 is 0 Å². The first-order chi connectivity index (χ1) is 17.9. The average molecular weight is 499 g/mol. The molecule has 2 aromatic carbocycles. The first kappa shape index (κ1) is 24.4. The number of carbonyl (C=O) groups excluding carboxylic acids is 1. The van der Waals surface area contributed by atoms with E-state index in [0.29, 0.717) is 6.04 Å². The largest absolute Gasteiger partial charge is 0.379 e. The quantitative estimate of drug-likeness (QED) is 0.517. The van der Waals surface area contributed by atoms with Gasteiger partial charge in [-0.05, 0) is 54.2 Å². The first-order valence-corrected chi connectivity index (χ1v) is 13.8. The maximum absolute atomic E-state index is 14.0. The number of piperidine rings is 1. The number of hydrogen-bond donors (Lipinski definition) is 1. The van der Waals surface area contributed by atoms with E-state index in [1.165, 1.54) is 24.1 Å². The molecule has 2 saturated heterocycles. The highest BCUT2D eigenvalue weighted by Crippen LogP contribution is 2.46. The molecule has 2 aliphatic heterocycles. The summed E-state index contributed by atoms with van der Waals surface area (Å²) in [6.45, 7) is 12.6. The second-order valence-corrected chi connectivity index (χ2v) is 11.3. The van der Waals surface area contributed by atoms with Gasteiger partial charge in [-0.3, -0.25) is 14.7 Å². The van der Waals surface area contributed by atoms with E-state index in [0.717, 1.165) is 84.7 Å². The molecular formula is C31H38N4O2. The van der Waals surface area contributed by atoms with Crippen LogP contribution in [0.2, 0.25) is 0 Å². The van der Waals surface area contributed by atoms with Crippen molar-refractivity contribution in [3.05, 3.63) is 63.8 Å². The van der Waals surface area contributed by atoms with Crippen molar-refractivity contribution in [2.45, 2.75) is 51.5 Å². The highest BCUT2D eigenvalue weighted by Gasteiger charge is 2.40. The fraction of sp³-hybridized carbons (Fsp3) is 0.484. The lowest BCUT2D eigenvalue weighted by atomic mass is 9.70. The number of aliphatic imine (C=N–C) groups is 1. The van der Waals surface area contributed by atoms with E-state index in [2.05, 4.69) is 64.8 Å². The molecule has 194 valence electrons. The Bertz CT molecular complexity index is 1370. The number of H-pyrrole nitrogens is 1.